The molecular formula is C14H9ClF3NO2. The third-order valence-electron chi connectivity index (χ3n) is 2.66. The number of rotatable bonds is 3. The minimum atomic E-state index is -4.76. The Labute approximate surface area is 123 Å². The molecule has 0 saturated carbocycles. The molecule has 2 aromatic carbocycles. The van der Waals surface area contributed by atoms with Gasteiger partial charge in [0.05, 0.1) is 0 Å². The van der Waals surface area contributed by atoms with Crippen molar-refractivity contribution in [3.8, 4) is 16.9 Å². The van der Waals surface area contributed by atoms with E-state index in [0.29, 0.717) is 11.1 Å². The first-order valence-electron chi connectivity index (χ1n) is 5.72. The molecule has 0 saturated heterocycles. The Morgan fingerprint density at radius 2 is 1.71 bits per heavy atom. The summed E-state index contributed by atoms with van der Waals surface area (Å²) in [7, 11) is 0. The Morgan fingerprint density at radius 3 is 2.24 bits per heavy atom. The van der Waals surface area contributed by atoms with Gasteiger partial charge in [0.25, 0.3) is 0 Å². The molecule has 0 bridgehead atoms. The lowest BCUT2D eigenvalue weighted by atomic mass is 9.99. The fourth-order valence-electron chi connectivity index (χ4n) is 1.85. The summed E-state index contributed by atoms with van der Waals surface area (Å²) in [5.41, 5.74) is 6.28. The van der Waals surface area contributed by atoms with Crippen molar-refractivity contribution in [3.05, 3.63) is 53.1 Å². The molecule has 2 aromatic rings. The van der Waals surface area contributed by atoms with E-state index in [9.17, 15) is 18.0 Å². The molecule has 1 amide bonds. The number of hydrogen-bond acceptors (Lipinski definition) is 2. The molecule has 21 heavy (non-hydrogen) atoms. The molecule has 0 aromatic heterocycles. The molecule has 2 N–H and O–H groups in total. The Balaban J connectivity index is 2.42. The summed E-state index contributed by atoms with van der Waals surface area (Å²) in [6, 6.07) is 9.62. The second-order valence-corrected chi connectivity index (χ2v) is 4.51. The summed E-state index contributed by atoms with van der Waals surface area (Å²) in [6.45, 7) is 0. The summed E-state index contributed by atoms with van der Waals surface area (Å²) >= 11 is 6.04. The summed E-state index contributed by atoms with van der Waals surface area (Å²) < 4.78 is 40.1. The Kier molecular flexibility index (Phi) is 4.09. The molecule has 0 unspecified atom stereocenters. The van der Waals surface area contributed by atoms with E-state index < -0.39 is 12.3 Å². The number of hydrogen-bond donors (Lipinski definition) is 1. The fourth-order valence-corrected chi connectivity index (χ4v) is 2.13. The predicted octanol–water partition coefficient (Wildman–Crippen LogP) is 4.00. The van der Waals surface area contributed by atoms with Crippen LogP contribution in [0.3, 0.4) is 0 Å². The van der Waals surface area contributed by atoms with Crippen LogP contribution < -0.4 is 10.5 Å². The van der Waals surface area contributed by atoms with Gasteiger partial charge in [0.1, 0.15) is 5.75 Å². The number of ether oxygens (including phenoxy) is 1. The van der Waals surface area contributed by atoms with E-state index in [1.54, 1.807) is 12.1 Å². The topological polar surface area (TPSA) is 52.3 Å². The molecule has 0 radical (unpaired) electrons. The van der Waals surface area contributed by atoms with Gasteiger partial charge in [-0.3, -0.25) is 4.79 Å². The van der Waals surface area contributed by atoms with E-state index in [1.165, 1.54) is 18.2 Å². The zero-order chi connectivity index (χ0) is 15.6. The maximum absolute atomic E-state index is 12.1. The Hall–Kier alpha value is -2.21. The highest BCUT2D eigenvalue weighted by Crippen LogP contribution is 2.33. The van der Waals surface area contributed by atoms with Gasteiger partial charge in [-0.05, 0) is 29.8 Å². The summed E-state index contributed by atoms with van der Waals surface area (Å²) in [6.07, 6.45) is -4.76. The fraction of sp³-hybridized carbons (Fsp3) is 0.0714. The largest absolute Gasteiger partial charge is 0.573 e. The average molecular weight is 316 g/mol. The van der Waals surface area contributed by atoms with Crippen molar-refractivity contribution < 1.29 is 22.7 Å². The standard InChI is InChI=1S/C14H9ClF3NO2/c15-11-3-1-2-10(13(19)20)12(11)8-4-6-9(7-5-8)21-14(16,17)18/h1-7H,(H2,19,20). The third kappa shape index (κ3) is 3.66. The average Bonchev–Trinajstić information content (AvgIpc) is 2.37. The zero-order valence-electron chi connectivity index (χ0n) is 10.4. The van der Waals surface area contributed by atoms with Gasteiger partial charge < -0.3 is 10.5 Å². The van der Waals surface area contributed by atoms with Crippen molar-refractivity contribution in [3.63, 3.8) is 0 Å². The molecule has 0 heterocycles. The lowest BCUT2D eigenvalue weighted by Crippen LogP contribution is -2.17. The van der Waals surface area contributed by atoms with Gasteiger partial charge in [-0.25, -0.2) is 0 Å². The quantitative estimate of drug-likeness (QED) is 0.930. The third-order valence-corrected chi connectivity index (χ3v) is 2.97. The number of carbonyl (C=O) groups is 1. The molecule has 110 valence electrons. The molecule has 7 heteroatoms. The summed E-state index contributed by atoms with van der Waals surface area (Å²) in [4.78, 5) is 11.4. The number of carbonyl (C=O) groups excluding carboxylic acids is 1. The highest BCUT2D eigenvalue weighted by atomic mass is 35.5. The van der Waals surface area contributed by atoms with Gasteiger partial charge in [0.15, 0.2) is 0 Å². The number of nitrogens with two attached hydrogens (primary N) is 1. The number of benzene rings is 2. The van der Waals surface area contributed by atoms with Crippen molar-refractivity contribution in [1.82, 2.24) is 0 Å². The predicted molar refractivity (Wildman–Crippen MR) is 72.1 cm³/mol. The van der Waals surface area contributed by atoms with Crippen molar-refractivity contribution >= 4 is 17.5 Å². The number of primary amides is 1. The molecular weight excluding hydrogens is 307 g/mol. The first-order chi connectivity index (χ1) is 9.78. The molecule has 0 aliphatic rings. The van der Waals surface area contributed by atoms with Crippen LogP contribution in [0.15, 0.2) is 42.5 Å². The lowest BCUT2D eigenvalue weighted by molar-refractivity contribution is -0.274. The van der Waals surface area contributed by atoms with Crippen LogP contribution in [0, 0.1) is 0 Å². The van der Waals surface area contributed by atoms with E-state index in [2.05, 4.69) is 4.74 Å². The van der Waals surface area contributed by atoms with Crippen LogP contribution in [-0.2, 0) is 0 Å². The van der Waals surface area contributed by atoms with Crippen LogP contribution in [0.5, 0.6) is 5.75 Å². The SMILES string of the molecule is NC(=O)c1cccc(Cl)c1-c1ccc(OC(F)(F)F)cc1. The highest BCUT2D eigenvalue weighted by Gasteiger charge is 2.31. The smallest absolute Gasteiger partial charge is 0.406 e. The molecule has 0 atom stereocenters. The van der Waals surface area contributed by atoms with Gasteiger partial charge >= 0.3 is 6.36 Å². The molecule has 0 fully saturated rings. The van der Waals surface area contributed by atoms with E-state index in [-0.39, 0.29) is 16.3 Å². The van der Waals surface area contributed by atoms with E-state index >= 15 is 0 Å². The van der Waals surface area contributed by atoms with E-state index in [4.69, 9.17) is 17.3 Å². The van der Waals surface area contributed by atoms with Crippen LogP contribution >= 0.6 is 11.6 Å². The summed E-state index contributed by atoms with van der Waals surface area (Å²) in [5.74, 6) is -1.04. The van der Waals surface area contributed by atoms with Crippen LogP contribution in [0.25, 0.3) is 11.1 Å². The second kappa shape index (κ2) is 5.65. The monoisotopic (exact) mass is 315 g/mol. The highest BCUT2D eigenvalue weighted by molar-refractivity contribution is 6.34. The van der Waals surface area contributed by atoms with Gasteiger partial charge in [0, 0.05) is 16.1 Å². The van der Waals surface area contributed by atoms with Crippen LogP contribution in [0.1, 0.15) is 10.4 Å². The first kappa shape index (κ1) is 15.2. The summed E-state index contributed by atoms with van der Waals surface area (Å²) in [5, 5.41) is 0.274. The van der Waals surface area contributed by atoms with Crippen LogP contribution in [0.4, 0.5) is 13.2 Å². The molecule has 0 aliphatic carbocycles. The van der Waals surface area contributed by atoms with Gasteiger partial charge in [-0.2, -0.15) is 0 Å². The second-order valence-electron chi connectivity index (χ2n) is 4.10. The number of alkyl halides is 3. The Morgan fingerprint density at radius 1 is 1.10 bits per heavy atom. The molecule has 2 rings (SSSR count). The van der Waals surface area contributed by atoms with Crippen LogP contribution in [0.2, 0.25) is 5.02 Å². The lowest BCUT2D eigenvalue weighted by Gasteiger charge is -2.11. The normalized spacial score (nSPS) is 11.2. The Bertz CT molecular complexity index is 669. The van der Waals surface area contributed by atoms with Crippen LogP contribution in [-0.4, -0.2) is 12.3 Å². The van der Waals surface area contributed by atoms with E-state index in [1.807, 2.05) is 0 Å². The van der Waals surface area contributed by atoms with Crippen molar-refractivity contribution in [2.75, 3.05) is 0 Å². The van der Waals surface area contributed by atoms with Crippen molar-refractivity contribution in [1.29, 1.82) is 0 Å². The number of amides is 1. The van der Waals surface area contributed by atoms with Gasteiger partial charge in [-0.1, -0.05) is 29.8 Å². The molecule has 0 spiro atoms. The van der Waals surface area contributed by atoms with Crippen molar-refractivity contribution in [2.45, 2.75) is 6.36 Å². The van der Waals surface area contributed by atoms with Crippen molar-refractivity contribution in [2.24, 2.45) is 5.73 Å². The van der Waals surface area contributed by atoms with Gasteiger partial charge in [-0.15, -0.1) is 13.2 Å². The maximum atomic E-state index is 12.1. The molecule has 0 aliphatic heterocycles. The zero-order valence-corrected chi connectivity index (χ0v) is 11.2. The van der Waals surface area contributed by atoms with E-state index in [0.717, 1.165) is 12.1 Å². The van der Waals surface area contributed by atoms with Gasteiger partial charge in [0.2, 0.25) is 5.91 Å². The number of halogens is 4. The molecule has 3 nitrogen and oxygen atoms in total. The minimum Gasteiger partial charge on any atom is -0.406 e. The first-order valence-corrected chi connectivity index (χ1v) is 6.10. The minimum absolute atomic E-state index is 0.187. The maximum Gasteiger partial charge on any atom is 0.573 e.